The summed E-state index contributed by atoms with van der Waals surface area (Å²) in [4.78, 5) is 21.5. The molecule has 55 heavy (non-hydrogen) atoms. The van der Waals surface area contributed by atoms with Crippen LogP contribution >= 0.6 is 23.2 Å². The predicted molar refractivity (Wildman–Crippen MR) is 197 cm³/mol. The van der Waals surface area contributed by atoms with Gasteiger partial charge < -0.3 is 25.2 Å². The van der Waals surface area contributed by atoms with E-state index < -0.39 is 59.0 Å². The molecule has 6 rings (SSSR count). The Kier molecular flexibility index (Phi) is 13.6. The minimum absolute atomic E-state index is 0. The third kappa shape index (κ3) is 9.92. The summed E-state index contributed by atoms with van der Waals surface area (Å²) in [5, 5.41) is 60.1. The Balaban J connectivity index is 0.000000240. The smallest absolute Gasteiger partial charge is 0.871 e. The Bertz CT molecular complexity index is 2610. The molecule has 16 nitrogen and oxygen atoms in total. The van der Waals surface area contributed by atoms with Gasteiger partial charge in [0, 0.05) is 20.8 Å². The normalized spacial score (nSPS) is 11.7. The molecule has 4 N–H and O–H groups in total. The Morgan fingerprint density at radius 2 is 1.04 bits per heavy atom. The van der Waals surface area contributed by atoms with Gasteiger partial charge in [-0.05, 0) is 64.9 Å². The van der Waals surface area contributed by atoms with Gasteiger partial charge >= 0.3 is 43.7 Å². The number of phenols is 1. The zero-order valence-electron chi connectivity index (χ0n) is 27.4. The SMILES string of the molecule is O=C(O)c1cc2ccccc2c(N=Nc2cc(Cl)ccc2S(=O)(=O)O)c1O.O=C([O-])c1cc2ccccc2c(N=Nc2cc(Cl)ccc2S(=O)(=O)O)c1[O-].[Ca+2]. The van der Waals surface area contributed by atoms with Crippen molar-refractivity contribution in [3.8, 4) is 11.5 Å². The van der Waals surface area contributed by atoms with Gasteiger partial charge in [0.25, 0.3) is 20.2 Å². The quantitative estimate of drug-likeness (QED) is 0.0701. The molecule has 0 amide bonds. The molecule has 0 bridgehead atoms. The monoisotopic (exact) mass is 850 g/mol. The van der Waals surface area contributed by atoms with Crippen LogP contribution in [0.25, 0.3) is 21.5 Å². The van der Waals surface area contributed by atoms with Crippen molar-refractivity contribution < 1.29 is 56.0 Å². The number of aromatic carboxylic acids is 2. The first-order valence-electron chi connectivity index (χ1n) is 14.7. The summed E-state index contributed by atoms with van der Waals surface area (Å²) in [7, 11) is -9.22. The minimum Gasteiger partial charge on any atom is -0.871 e. The molecule has 6 aromatic carbocycles. The fourth-order valence-corrected chi connectivity index (χ4v) is 6.46. The van der Waals surface area contributed by atoms with Gasteiger partial charge in [0.1, 0.15) is 32.4 Å². The number of hydrogen-bond acceptors (Lipinski definition) is 13. The summed E-state index contributed by atoms with van der Waals surface area (Å²) in [6, 6.07) is 22.2. The molecular formula is C34H20CaCl2N4O12S2. The van der Waals surface area contributed by atoms with Crippen LogP contribution in [0, 0.1) is 0 Å². The largest absolute Gasteiger partial charge is 2.00 e. The van der Waals surface area contributed by atoms with Crippen molar-refractivity contribution in [1.82, 2.24) is 0 Å². The third-order valence-electron chi connectivity index (χ3n) is 7.33. The molecule has 0 aromatic heterocycles. The van der Waals surface area contributed by atoms with E-state index in [0.29, 0.717) is 21.5 Å². The molecule has 0 saturated heterocycles. The molecule has 0 fully saturated rings. The number of fused-ring (bicyclic) bond motifs is 2. The second-order valence-electron chi connectivity index (χ2n) is 10.8. The molecule has 0 saturated carbocycles. The predicted octanol–water partition coefficient (Wildman–Crippen LogP) is 6.77. The molecule has 276 valence electrons. The van der Waals surface area contributed by atoms with Gasteiger partial charge in [0.2, 0.25) is 0 Å². The maximum atomic E-state index is 12.4. The fourth-order valence-electron chi connectivity index (χ4n) is 4.92. The van der Waals surface area contributed by atoms with Crippen molar-refractivity contribution in [2.45, 2.75) is 9.79 Å². The molecule has 0 aliphatic rings. The summed E-state index contributed by atoms with van der Waals surface area (Å²) in [5.74, 6) is -4.60. The summed E-state index contributed by atoms with van der Waals surface area (Å²) >= 11 is 11.7. The van der Waals surface area contributed by atoms with Gasteiger partial charge in [0.05, 0.1) is 11.7 Å². The first kappa shape index (κ1) is 43.0. The number of carboxylic acids is 2. The molecule has 0 atom stereocenters. The van der Waals surface area contributed by atoms with Crippen LogP contribution in [-0.4, -0.2) is 85.8 Å². The van der Waals surface area contributed by atoms with Crippen molar-refractivity contribution in [2.24, 2.45) is 20.5 Å². The van der Waals surface area contributed by atoms with Gasteiger partial charge in [0.15, 0.2) is 5.75 Å². The van der Waals surface area contributed by atoms with Crippen LogP contribution in [0.3, 0.4) is 0 Å². The maximum absolute atomic E-state index is 12.4. The number of azo groups is 2. The number of carboxylic acid groups (broad SMARTS) is 2. The maximum Gasteiger partial charge on any atom is 2.00 e. The zero-order valence-corrected chi connectivity index (χ0v) is 32.7. The molecule has 0 unspecified atom stereocenters. The van der Waals surface area contributed by atoms with E-state index >= 15 is 0 Å². The summed E-state index contributed by atoms with van der Waals surface area (Å²) in [5.41, 5.74) is -2.05. The van der Waals surface area contributed by atoms with Crippen LogP contribution in [0.15, 0.2) is 127 Å². The number of benzene rings is 6. The molecule has 0 radical (unpaired) electrons. The first-order chi connectivity index (χ1) is 25.4. The van der Waals surface area contributed by atoms with Gasteiger partial charge in [-0.1, -0.05) is 77.5 Å². The molecule has 6 aromatic rings. The number of aromatic hydroxyl groups is 1. The second kappa shape index (κ2) is 17.4. The van der Waals surface area contributed by atoms with Crippen LogP contribution in [0.5, 0.6) is 11.5 Å². The molecule has 0 aliphatic heterocycles. The van der Waals surface area contributed by atoms with Crippen LogP contribution in [0.4, 0.5) is 22.7 Å². The van der Waals surface area contributed by atoms with Crippen LogP contribution in [0.1, 0.15) is 20.7 Å². The van der Waals surface area contributed by atoms with Gasteiger partial charge in [-0.2, -0.15) is 21.9 Å². The van der Waals surface area contributed by atoms with E-state index in [9.17, 15) is 56.0 Å². The number of nitrogens with zero attached hydrogens (tertiary/aromatic N) is 4. The molecule has 0 aliphatic carbocycles. The Morgan fingerprint density at radius 3 is 1.47 bits per heavy atom. The van der Waals surface area contributed by atoms with E-state index in [0.717, 1.165) is 30.3 Å². The van der Waals surface area contributed by atoms with Crippen molar-refractivity contribution >= 4 is 137 Å². The van der Waals surface area contributed by atoms with Crippen molar-refractivity contribution in [1.29, 1.82) is 0 Å². The standard InChI is InChI=1S/2C17H11ClN2O6S.Ca/c2*18-10-5-6-14(27(24,25)26)13(8-10)19-20-15-11-4-2-1-3-9(11)7-12(16(15)21)17(22)23;/h2*1-8,21H,(H,22,23)(H,24,25,26);/q;;+2/p-2. The molecule has 0 heterocycles. The van der Waals surface area contributed by atoms with Crippen LogP contribution in [0.2, 0.25) is 10.0 Å². The van der Waals surface area contributed by atoms with Gasteiger partial charge in [-0.25, -0.2) is 4.79 Å². The average molecular weight is 852 g/mol. The number of hydrogen-bond donors (Lipinski definition) is 4. The Morgan fingerprint density at radius 1 is 0.618 bits per heavy atom. The van der Waals surface area contributed by atoms with E-state index in [2.05, 4.69) is 20.5 Å². The summed E-state index contributed by atoms with van der Waals surface area (Å²) in [6.07, 6.45) is 0. The van der Waals surface area contributed by atoms with Crippen molar-refractivity contribution in [2.75, 3.05) is 0 Å². The number of rotatable bonds is 8. The minimum atomic E-state index is -4.62. The summed E-state index contributed by atoms with van der Waals surface area (Å²) < 4.78 is 64.5. The Hall–Kier alpha value is -4.76. The van der Waals surface area contributed by atoms with Crippen LogP contribution < -0.4 is 10.2 Å². The van der Waals surface area contributed by atoms with E-state index in [-0.39, 0.29) is 76.1 Å². The Labute approximate surface area is 350 Å². The van der Waals surface area contributed by atoms with E-state index in [4.69, 9.17) is 23.2 Å². The number of carbonyl (C=O) groups excluding carboxylic acids is 1. The molecule has 0 spiro atoms. The number of halogens is 2. The van der Waals surface area contributed by atoms with E-state index in [1.807, 2.05) is 0 Å². The van der Waals surface area contributed by atoms with Gasteiger partial charge in [-0.3, -0.25) is 9.11 Å². The van der Waals surface area contributed by atoms with Crippen molar-refractivity contribution in [3.63, 3.8) is 0 Å². The molecule has 21 heteroatoms. The van der Waals surface area contributed by atoms with Gasteiger partial charge in [-0.15, -0.1) is 15.3 Å². The second-order valence-corrected chi connectivity index (χ2v) is 14.5. The first-order valence-corrected chi connectivity index (χ1v) is 18.3. The van der Waals surface area contributed by atoms with Crippen molar-refractivity contribution in [3.05, 3.63) is 118 Å². The zero-order chi connectivity index (χ0) is 39.5. The summed E-state index contributed by atoms with van der Waals surface area (Å²) in [6.45, 7) is 0. The van der Waals surface area contributed by atoms with Crippen LogP contribution in [-0.2, 0) is 20.2 Å². The van der Waals surface area contributed by atoms with E-state index in [1.54, 1.807) is 42.5 Å². The fraction of sp³-hybridized carbons (Fsp3) is 0. The number of carbonyl (C=O) groups is 2. The third-order valence-corrected chi connectivity index (χ3v) is 9.61. The topological polar surface area (TPSA) is 279 Å². The molecular weight excluding hydrogens is 832 g/mol. The van der Waals surface area contributed by atoms with E-state index in [1.165, 1.54) is 24.3 Å². The average Bonchev–Trinajstić information content (AvgIpc) is 3.09.